The van der Waals surface area contributed by atoms with E-state index < -0.39 is 29.1 Å². The molecular weight excluding hydrogens is 454 g/mol. The summed E-state index contributed by atoms with van der Waals surface area (Å²) in [7, 11) is 1.40. The van der Waals surface area contributed by atoms with E-state index in [-0.39, 0.29) is 28.9 Å². The van der Waals surface area contributed by atoms with Gasteiger partial charge in [-0.1, -0.05) is 60.7 Å². The monoisotopic (exact) mass is 479 g/mol. The maximum absolute atomic E-state index is 12.4. The quantitative estimate of drug-likeness (QED) is 0.330. The van der Waals surface area contributed by atoms with Gasteiger partial charge in [0.1, 0.15) is 10.9 Å². The van der Waals surface area contributed by atoms with Crippen LogP contribution >= 0.6 is 11.6 Å². The zero-order valence-corrected chi connectivity index (χ0v) is 19.7. The van der Waals surface area contributed by atoms with E-state index in [1.165, 1.54) is 13.2 Å². The summed E-state index contributed by atoms with van der Waals surface area (Å²) in [5.41, 5.74) is 4.31. The molecule has 1 fully saturated rings. The van der Waals surface area contributed by atoms with Crippen molar-refractivity contribution in [2.24, 2.45) is 11.7 Å². The maximum atomic E-state index is 12.4. The van der Waals surface area contributed by atoms with Gasteiger partial charge in [0.2, 0.25) is 5.88 Å². The third kappa shape index (κ3) is 3.18. The first-order chi connectivity index (χ1) is 16.3. The Kier molecular flexibility index (Phi) is 6.28. The SMILES string of the molecule is C=C(/C=C\C(C#N)=C/C)[C@@]12Oc3cc(Cl)nc(OC)c3[C@]1(O)[C@H](O)[C@H](CN)[C@H]2c1ccccc1. The van der Waals surface area contributed by atoms with E-state index in [2.05, 4.69) is 17.6 Å². The number of aliphatic hydroxyl groups is 2. The molecule has 2 aliphatic rings. The van der Waals surface area contributed by atoms with Gasteiger partial charge in [-0.3, -0.25) is 0 Å². The van der Waals surface area contributed by atoms with Crippen LogP contribution in [0, 0.1) is 17.2 Å². The minimum Gasteiger partial charge on any atom is -0.481 e. The van der Waals surface area contributed by atoms with Crippen LogP contribution in [0.2, 0.25) is 5.15 Å². The number of pyridine rings is 1. The van der Waals surface area contributed by atoms with Crippen molar-refractivity contribution < 1.29 is 19.7 Å². The fourth-order valence-electron chi connectivity index (χ4n) is 5.38. The molecule has 34 heavy (non-hydrogen) atoms. The second-order valence-electron chi connectivity index (χ2n) is 8.38. The molecule has 5 atom stereocenters. The van der Waals surface area contributed by atoms with Crippen LogP contribution in [0.1, 0.15) is 24.0 Å². The number of nitrogens with zero attached hydrogens (tertiary/aromatic N) is 2. The van der Waals surface area contributed by atoms with Gasteiger partial charge in [0, 0.05) is 23.5 Å². The summed E-state index contributed by atoms with van der Waals surface area (Å²) in [6, 6.07) is 13.0. The van der Waals surface area contributed by atoms with Gasteiger partial charge in [0.15, 0.2) is 11.2 Å². The first kappa shape index (κ1) is 24.0. The summed E-state index contributed by atoms with van der Waals surface area (Å²) in [5, 5.41) is 33.5. The molecule has 2 heterocycles. The van der Waals surface area contributed by atoms with Gasteiger partial charge in [-0.05, 0) is 30.7 Å². The Balaban J connectivity index is 2.04. The number of rotatable bonds is 6. The molecule has 1 aliphatic carbocycles. The van der Waals surface area contributed by atoms with E-state index in [4.69, 9.17) is 26.8 Å². The molecule has 2 aromatic rings. The predicted molar refractivity (Wildman–Crippen MR) is 128 cm³/mol. The van der Waals surface area contributed by atoms with Crippen LogP contribution in [-0.4, -0.2) is 40.6 Å². The van der Waals surface area contributed by atoms with Crippen LogP contribution in [0.5, 0.6) is 11.6 Å². The topological polar surface area (TPSA) is 122 Å². The van der Waals surface area contributed by atoms with E-state index in [9.17, 15) is 15.5 Å². The van der Waals surface area contributed by atoms with Crippen molar-refractivity contribution >= 4 is 11.6 Å². The number of fused-ring (bicyclic) bond motifs is 3. The number of benzene rings is 1. The number of ether oxygens (including phenoxy) is 2. The van der Waals surface area contributed by atoms with Gasteiger partial charge in [-0.15, -0.1) is 0 Å². The molecule has 1 aromatic carbocycles. The highest BCUT2D eigenvalue weighted by atomic mass is 35.5. The Morgan fingerprint density at radius 3 is 2.68 bits per heavy atom. The summed E-state index contributed by atoms with van der Waals surface area (Å²) in [5.74, 6) is -0.916. The van der Waals surface area contributed by atoms with Crippen molar-refractivity contribution in [3.05, 3.63) is 88.6 Å². The average molecular weight is 480 g/mol. The van der Waals surface area contributed by atoms with Crippen molar-refractivity contribution in [3.63, 3.8) is 0 Å². The Hall–Kier alpha value is -3.15. The van der Waals surface area contributed by atoms with Gasteiger partial charge < -0.3 is 25.4 Å². The molecule has 1 saturated carbocycles. The molecule has 4 N–H and O–H groups in total. The average Bonchev–Trinajstić information content (AvgIpc) is 3.22. The number of nitriles is 1. The number of halogens is 1. The molecule has 0 spiro atoms. The third-order valence-corrected chi connectivity index (χ3v) is 7.04. The molecule has 176 valence electrons. The summed E-state index contributed by atoms with van der Waals surface area (Å²) in [4.78, 5) is 4.20. The zero-order valence-electron chi connectivity index (χ0n) is 18.9. The van der Waals surface area contributed by atoms with Crippen LogP contribution < -0.4 is 15.2 Å². The molecule has 0 unspecified atom stereocenters. The molecule has 0 radical (unpaired) electrons. The van der Waals surface area contributed by atoms with E-state index in [0.29, 0.717) is 11.1 Å². The summed E-state index contributed by atoms with van der Waals surface area (Å²) in [6.45, 7) is 6.06. The minimum absolute atomic E-state index is 0.0401. The van der Waals surface area contributed by atoms with Crippen molar-refractivity contribution in [2.45, 2.75) is 30.1 Å². The molecule has 0 amide bonds. The van der Waals surface area contributed by atoms with Gasteiger partial charge in [0.05, 0.1) is 24.8 Å². The largest absolute Gasteiger partial charge is 0.481 e. The minimum atomic E-state index is -2.01. The number of allylic oxidation sites excluding steroid dienone is 3. The number of hydrogen-bond donors (Lipinski definition) is 3. The highest BCUT2D eigenvalue weighted by Gasteiger charge is 2.76. The Labute approximate surface area is 203 Å². The molecule has 1 aromatic heterocycles. The lowest BCUT2D eigenvalue weighted by atomic mass is 9.70. The standard InChI is InChI=1S/C26H26ClN3O4/c1-4-16(13-28)11-10-15(2)26-21(17-8-6-5-7-9-17)18(14-29)23(31)25(26,32)22-19(34-26)12-20(27)30-24(22)33-3/h4-12,18,21,23,31-32H,2,14,29H2,1,3H3/b11-10-,16-4+/t18-,21-,23-,25+,26+/m1/s1. The molecular formula is C26H26ClN3O4. The lowest BCUT2D eigenvalue weighted by Crippen LogP contribution is -2.55. The van der Waals surface area contributed by atoms with Crippen molar-refractivity contribution in [2.75, 3.05) is 13.7 Å². The number of aliphatic hydroxyl groups excluding tert-OH is 1. The lowest BCUT2D eigenvalue weighted by molar-refractivity contribution is -0.130. The normalized spacial score (nSPS) is 29.9. The molecule has 0 bridgehead atoms. The lowest BCUT2D eigenvalue weighted by Gasteiger charge is -2.41. The number of nitrogens with two attached hydrogens (primary N) is 1. The van der Waals surface area contributed by atoms with Crippen molar-refractivity contribution in [1.29, 1.82) is 5.26 Å². The second-order valence-corrected chi connectivity index (χ2v) is 8.77. The van der Waals surface area contributed by atoms with Crippen LogP contribution in [0.4, 0.5) is 0 Å². The van der Waals surface area contributed by atoms with E-state index in [1.807, 2.05) is 30.3 Å². The first-order valence-corrected chi connectivity index (χ1v) is 11.2. The highest BCUT2D eigenvalue weighted by molar-refractivity contribution is 6.29. The fraction of sp³-hybridized carbons (Fsp3) is 0.308. The van der Waals surface area contributed by atoms with Crippen LogP contribution in [0.25, 0.3) is 0 Å². The third-order valence-electron chi connectivity index (χ3n) is 6.84. The van der Waals surface area contributed by atoms with Gasteiger partial charge >= 0.3 is 0 Å². The molecule has 4 rings (SSSR count). The van der Waals surface area contributed by atoms with E-state index in [0.717, 1.165) is 5.56 Å². The van der Waals surface area contributed by atoms with Gasteiger partial charge in [-0.2, -0.15) is 5.26 Å². The van der Waals surface area contributed by atoms with Crippen molar-refractivity contribution in [3.8, 4) is 17.7 Å². The van der Waals surface area contributed by atoms with E-state index >= 15 is 0 Å². The highest BCUT2D eigenvalue weighted by Crippen LogP contribution is 2.67. The molecule has 0 saturated heterocycles. The van der Waals surface area contributed by atoms with E-state index in [1.54, 1.807) is 25.2 Å². The number of aromatic nitrogens is 1. The second kappa shape index (κ2) is 8.90. The summed E-state index contributed by atoms with van der Waals surface area (Å²) < 4.78 is 12.0. The Bertz CT molecular complexity index is 1220. The predicted octanol–water partition coefficient (Wildman–Crippen LogP) is 3.38. The van der Waals surface area contributed by atoms with Gasteiger partial charge in [-0.25, -0.2) is 4.98 Å². The van der Waals surface area contributed by atoms with Crippen molar-refractivity contribution in [1.82, 2.24) is 4.98 Å². The smallest absolute Gasteiger partial charge is 0.224 e. The van der Waals surface area contributed by atoms with Gasteiger partial charge in [0.25, 0.3) is 0 Å². The molecule has 7 nitrogen and oxygen atoms in total. The first-order valence-electron chi connectivity index (χ1n) is 10.8. The molecule has 8 heteroatoms. The Morgan fingerprint density at radius 1 is 1.38 bits per heavy atom. The molecule has 1 aliphatic heterocycles. The van der Waals surface area contributed by atoms with Crippen LogP contribution in [0.3, 0.4) is 0 Å². The summed E-state index contributed by atoms with van der Waals surface area (Å²) in [6.07, 6.45) is 3.53. The van der Waals surface area contributed by atoms with Crippen LogP contribution in [-0.2, 0) is 5.60 Å². The Morgan fingerprint density at radius 2 is 2.09 bits per heavy atom. The number of methoxy groups -OCH3 is 1. The number of hydrogen-bond acceptors (Lipinski definition) is 7. The van der Waals surface area contributed by atoms with Crippen LogP contribution in [0.15, 0.2) is 72.4 Å². The zero-order chi connectivity index (χ0) is 24.7. The summed E-state index contributed by atoms with van der Waals surface area (Å²) >= 11 is 6.21. The fourth-order valence-corrected chi connectivity index (χ4v) is 5.55. The maximum Gasteiger partial charge on any atom is 0.224 e.